The van der Waals surface area contributed by atoms with Gasteiger partial charge in [-0.1, -0.05) is 0 Å². The molecule has 25 heavy (non-hydrogen) atoms. The standard InChI is InChI=1S/C15H17N3O6S/c1-9(17-15(20)12-4-3-7-24-12)14(19)18-10-5-6-11(23-2)13(8-10)25(16,21)22/h3-9H,1-2H3,(H,17,20)(H,18,19)(H2,16,21,22)/t9-/m1/s1. The lowest BCUT2D eigenvalue weighted by Crippen LogP contribution is -2.41. The van der Waals surface area contributed by atoms with Crippen molar-refractivity contribution >= 4 is 27.5 Å². The largest absolute Gasteiger partial charge is 0.495 e. The van der Waals surface area contributed by atoms with Crippen LogP contribution in [-0.2, 0) is 14.8 Å². The fourth-order valence-electron chi connectivity index (χ4n) is 1.97. The number of hydrogen-bond donors (Lipinski definition) is 3. The molecule has 0 unspecified atom stereocenters. The van der Waals surface area contributed by atoms with Gasteiger partial charge in [0.1, 0.15) is 16.7 Å². The van der Waals surface area contributed by atoms with E-state index in [9.17, 15) is 18.0 Å². The Kier molecular flexibility index (Phi) is 5.45. The third-order valence-corrected chi connectivity index (χ3v) is 4.16. The van der Waals surface area contributed by atoms with Crippen LogP contribution in [0.15, 0.2) is 45.9 Å². The molecular weight excluding hydrogens is 350 g/mol. The topological polar surface area (TPSA) is 141 Å². The number of hydrogen-bond acceptors (Lipinski definition) is 6. The molecule has 1 aromatic carbocycles. The Morgan fingerprint density at radius 3 is 2.56 bits per heavy atom. The van der Waals surface area contributed by atoms with E-state index < -0.39 is 27.9 Å². The monoisotopic (exact) mass is 367 g/mol. The molecule has 1 aromatic heterocycles. The fourth-order valence-corrected chi connectivity index (χ4v) is 2.69. The highest BCUT2D eigenvalue weighted by Gasteiger charge is 2.20. The van der Waals surface area contributed by atoms with E-state index in [2.05, 4.69) is 10.6 Å². The zero-order valence-corrected chi connectivity index (χ0v) is 14.3. The molecule has 1 atom stereocenters. The molecule has 2 rings (SSSR count). The Bertz CT molecular complexity index is 877. The number of rotatable bonds is 6. The summed E-state index contributed by atoms with van der Waals surface area (Å²) in [6, 6.07) is 6.10. The minimum absolute atomic E-state index is 0.0552. The highest BCUT2D eigenvalue weighted by atomic mass is 32.2. The van der Waals surface area contributed by atoms with E-state index in [1.807, 2.05) is 0 Å². The molecule has 0 spiro atoms. The molecule has 2 amide bonds. The Labute approximate surface area is 144 Å². The maximum atomic E-state index is 12.2. The average Bonchev–Trinajstić information content (AvgIpc) is 3.08. The zero-order valence-electron chi connectivity index (χ0n) is 13.5. The molecule has 4 N–H and O–H groups in total. The van der Waals surface area contributed by atoms with Gasteiger partial charge in [0.2, 0.25) is 15.9 Å². The Hall–Kier alpha value is -2.85. The van der Waals surface area contributed by atoms with Crippen molar-refractivity contribution in [2.45, 2.75) is 17.9 Å². The fraction of sp³-hybridized carbons (Fsp3) is 0.200. The van der Waals surface area contributed by atoms with Gasteiger partial charge in [-0.05, 0) is 37.3 Å². The number of primary sulfonamides is 1. The average molecular weight is 367 g/mol. The van der Waals surface area contributed by atoms with Crippen LogP contribution in [0.5, 0.6) is 5.75 Å². The van der Waals surface area contributed by atoms with Crippen LogP contribution in [0, 0.1) is 0 Å². The van der Waals surface area contributed by atoms with Gasteiger partial charge < -0.3 is 19.8 Å². The SMILES string of the molecule is COc1ccc(NC(=O)[C@@H](C)NC(=O)c2ccco2)cc1S(N)(=O)=O. The second-order valence-corrected chi connectivity index (χ2v) is 6.60. The summed E-state index contributed by atoms with van der Waals surface area (Å²) in [6.45, 7) is 1.47. The van der Waals surface area contributed by atoms with E-state index in [1.54, 1.807) is 6.07 Å². The molecule has 10 heteroatoms. The first-order valence-corrected chi connectivity index (χ1v) is 8.63. The molecule has 0 fully saturated rings. The summed E-state index contributed by atoms with van der Waals surface area (Å²) in [5, 5.41) is 10.1. The zero-order chi connectivity index (χ0) is 18.6. The van der Waals surface area contributed by atoms with Gasteiger partial charge in [0, 0.05) is 5.69 Å². The molecule has 0 bridgehead atoms. The summed E-state index contributed by atoms with van der Waals surface area (Å²) in [6.07, 6.45) is 1.34. The van der Waals surface area contributed by atoms with Crippen LogP contribution in [-0.4, -0.2) is 33.4 Å². The first-order chi connectivity index (χ1) is 11.7. The lowest BCUT2D eigenvalue weighted by atomic mass is 10.2. The van der Waals surface area contributed by atoms with Crippen molar-refractivity contribution in [1.82, 2.24) is 5.32 Å². The van der Waals surface area contributed by atoms with E-state index in [0.29, 0.717) is 0 Å². The summed E-state index contributed by atoms with van der Waals surface area (Å²) < 4.78 is 33.0. The lowest BCUT2D eigenvalue weighted by Gasteiger charge is -2.14. The highest BCUT2D eigenvalue weighted by molar-refractivity contribution is 7.89. The van der Waals surface area contributed by atoms with E-state index in [-0.39, 0.29) is 22.1 Å². The number of anilines is 1. The molecule has 0 aliphatic rings. The molecule has 0 saturated carbocycles. The Balaban J connectivity index is 2.11. The van der Waals surface area contributed by atoms with Gasteiger partial charge in [-0.3, -0.25) is 9.59 Å². The van der Waals surface area contributed by atoms with Gasteiger partial charge in [-0.15, -0.1) is 0 Å². The number of benzene rings is 1. The van der Waals surface area contributed by atoms with Crippen LogP contribution in [0.2, 0.25) is 0 Å². The number of furan rings is 1. The van der Waals surface area contributed by atoms with Crippen molar-refractivity contribution in [3.05, 3.63) is 42.4 Å². The predicted molar refractivity (Wildman–Crippen MR) is 88.6 cm³/mol. The van der Waals surface area contributed by atoms with E-state index in [1.165, 1.54) is 44.6 Å². The smallest absolute Gasteiger partial charge is 0.287 e. The second-order valence-electron chi connectivity index (χ2n) is 5.07. The van der Waals surface area contributed by atoms with Crippen LogP contribution in [0.3, 0.4) is 0 Å². The molecule has 134 valence electrons. The summed E-state index contributed by atoms with van der Waals surface area (Å²) in [5.41, 5.74) is 0.189. The van der Waals surface area contributed by atoms with Gasteiger partial charge in [-0.25, -0.2) is 13.6 Å². The number of ether oxygens (including phenoxy) is 1. The third kappa shape index (κ3) is 4.58. The molecule has 9 nitrogen and oxygen atoms in total. The maximum Gasteiger partial charge on any atom is 0.287 e. The Morgan fingerprint density at radius 1 is 1.28 bits per heavy atom. The van der Waals surface area contributed by atoms with E-state index in [4.69, 9.17) is 14.3 Å². The van der Waals surface area contributed by atoms with Crippen molar-refractivity contribution < 1.29 is 27.2 Å². The molecule has 1 heterocycles. The molecule has 0 saturated heterocycles. The summed E-state index contributed by atoms with van der Waals surface area (Å²) >= 11 is 0. The van der Waals surface area contributed by atoms with Gasteiger partial charge in [-0.2, -0.15) is 0 Å². The van der Waals surface area contributed by atoms with Crippen LogP contribution in [0.25, 0.3) is 0 Å². The molecule has 2 aromatic rings. The molecule has 0 aliphatic heterocycles. The van der Waals surface area contributed by atoms with Crippen molar-refractivity contribution in [3.8, 4) is 5.75 Å². The maximum absolute atomic E-state index is 12.2. The summed E-state index contributed by atoms with van der Waals surface area (Å²) in [4.78, 5) is 23.7. The third-order valence-electron chi connectivity index (χ3n) is 3.22. The quantitative estimate of drug-likeness (QED) is 0.686. The van der Waals surface area contributed by atoms with Crippen LogP contribution < -0.4 is 20.5 Å². The number of amides is 2. The summed E-state index contributed by atoms with van der Waals surface area (Å²) in [7, 11) is -2.73. The number of carbonyl (C=O) groups is 2. The van der Waals surface area contributed by atoms with Crippen LogP contribution >= 0.6 is 0 Å². The van der Waals surface area contributed by atoms with E-state index in [0.717, 1.165) is 0 Å². The van der Waals surface area contributed by atoms with Crippen LogP contribution in [0.1, 0.15) is 17.5 Å². The number of methoxy groups -OCH3 is 1. The van der Waals surface area contributed by atoms with Crippen molar-refractivity contribution in [2.24, 2.45) is 5.14 Å². The van der Waals surface area contributed by atoms with Gasteiger partial charge in [0.25, 0.3) is 5.91 Å². The van der Waals surface area contributed by atoms with Gasteiger partial charge >= 0.3 is 0 Å². The van der Waals surface area contributed by atoms with Crippen LogP contribution in [0.4, 0.5) is 5.69 Å². The minimum atomic E-state index is -4.03. The molecule has 0 aliphatic carbocycles. The normalized spacial score (nSPS) is 12.3. The number of sulfonamides is 1. The summed E-state index contributed by atoms with van der Waals surface area (Å²) in [5.74, 6) is -0.974. The van der Waals surface area contributed by atoms with Crippen molar-refractivity contribution in [3.63, 3.8) is 0 Å². The minimum Gasteiger partial charge on any atom is -0.495 e. The molecular formula is C15H17N3O6S. The first kappa shape index (κ1) is 18.5. The predicted octanol–water partition coefficient (Wildman–Crippen LogP) is 0.693. The second kappa shape index (κ2) is 7.36. The van der Waals surface area contributed by atoms with Gasteiger partial charge in [0.15, 0.2) is 5.76 Å². The Morgan fingerprint density at radius 2 is 2.00 bits per heavy atom. The first-order valence-electron chi connectivity index (χ1n) is 7.08. The highest BCUT2D eigenvalue weighted by Crippen LogP contribution is 2.26. The molecule has 0 radical (unpaired) electrons. The number of nitrogens with two attached hydrogens (primary N) is 1. The van der Waals surface area contributed by atoms with Crippen molar-refractivity contribution in [2.75, 3.05) is 12.4 Å². The lowest BCUT2D eigenvalue weighted by molar-refractivity contribution is -0.117. The number of carbonyl (C=O) groups excluding carboxylic acids is 2. The van der Waals surface area contributed by atoms with Gasteiger partial charge in [0.05, 0.1) is 13.4 Å². The van der Waals surface area contributed by atoms with E-state index >= 15 is 0 Å². The number of nitrogens with one attached hydrogen (secondary N) is 2. The van der Waals surface area contributed by atoms with Crippen molar-refractivity contribution in [1.29, 1.82) is 0 Å².